The maximum Gasteiger partial charge on any atom is 0.319 e. The summed E-state index contributed by atoms with van der Waals surface area (Å²) in [4.78, 5) is 13.7. The van der Waals surface area contributed by atoms with Crippen molar-refractivity contribution < 1.29 is 9.18 Å². The first kappa shape index (κ1) is 14.4. The molecule has 0 radical (unpaired) electrons. The molecule has 0 aliphatic heterocycles. The van der Waals surface area contributed by atoms with E-state index in [1.54, 1.807) is 12.1 Å². The number of halogens is 1. The molecule has 0 saturated heterocycles. The number of amides is 2. The van der Waals surface area contributed by atoms with Crippen molar-refractivity contribution >= 4 is 11.7 Å². The number of carbonyl (C=O) groups excluding carboxylic acids is 1. The molecule has 0 fully saturated rings. The lowest BCUT2D eigenvalue weighted by atomic mass is 10.3. The summed E-state index contributed by atoms with van der Waals surface area (Å²) in [5.74, 6) is -0.365. The first-order chi connectivity index (χ1) is 8.65. The lowest BCUT2D eigenvalue weighted by Crippen LogP contribution is -2.36. The molecule has 18 heavy (non-hydrogen) atoms. The van der Waals surface area contributed by atoms with Crippen LogP contribution in [0.4, 0.5) is 14.9 Å². The van der Waals surface area contributed by atoms with E-state index in [1.807, 2.05) is 0 Å². The molecular formula is C13H20FN3O. The van der Waals surface area contributed by atoms with Gasteiger partial charge in [-0.1, -0.05) is 19.9 Å². The molecule has 2 amide bonds. The van der Waals surface area contributed by atoms with Crippen molar-refractivity contribution in [1.82, 2.24) is 10.2 Å². The first-order valence-electron chi connectivity index (χ1n) is 6.18. The molecule has 5 heteroatoms. The fraction of sp³-hybridized carbons (Fsp3) is 0.462. The number of nitrogens with zero attached hydrogens (tertiary/aromatic N) is 1. The number of benzene rings is 1. The molecule has 1 aromatic rings. The van der Waals surface area contributed by atoms with Gasteiger partial charge in [0.05, 0.1) is 0 Å². The predicted octanol–water partition coefficient (Wildman–Crippen LogP) is 2.29. The summed E-state index contributed by atoms with van der Waals surface area (Å²) in [5.41, 5.74) is 0.454. The fourth-order valence-electron chi connectivity index (χ4n) is 1.61. The molecule has 0 unspecified atom stereocenters. The average molecular weight is 253 g/mol. The van der Waals surface area contributed by atoms with Crippen LogP contribution in [0.1, 0.15) is 13.8 Å². The van der Waals surface area contributed by atoms with Crippen molar-refractivity contribution in [3.05, 3.63) is 30.1 Å². The highest BCUT2D eigenvalue weighted by atomic mass is 19.1. The predicted molar refractivity (Wildman–Crippen MR) is 71.2 cm³/mol. The van der Waals surface area contributed by atoms with Gasteiger partial charge in [-0.25, -0.2) is 9.18 Å². The van der Waals surface area contributed by atoms with E-state index in [0.29, 0.717) is 12.2 Å². The quantitative estimate of drug-likeness (QED) is 0.817. The van der Waals surface area contributed by atoms with Crippen LogP contribution >= 0.6 is 0 Å². The summed E-state index contributed by atoms with van der Waals surface area (Å²) >= 11 is 0. The van der Waals surface area contributed by atoms with Crippen LogP contribution in [0.3, 0.4) is 0 Å². The maximum absolute atomic E-state index is 12.9. The fourth-order valence-corrected chi connectivity index (χ4v) is 1.61. The Morgan fingerprint density at radius 2 is 2.06 bits per heavy atom. The number of nitrogens with one attached hydrogen (secondary N) is 2. The van der Waals surface area contributed by atoms with Crippen LogP contribution in [0.5, 0.6) is 0 Å². The van der Waals surface area contributed by atoms with Gasteiger partial charge in [-0.2, -0.15) is 0 Å². The van der Waals surface area contributed by atoms with Crippen LogP contribution in [0.15, 0.2) is 24.3 Å². The average Bonchev–Trinajstić information content (AvgIpc) is 2.34. The van der Waals surface area contributed by atoms with E-state index < -0.39 is 0 Å². The van der Waals surface area contributed by atoms with Gasteiger partial charge in [-0.05, 0) is 31.3 Å². The standard InChI is InChI=1S/C13H20FN3O/c1-3-17(4-2)9-8-15-13(18)16-12-7-5-6-11(14)10-12/h5-7,10H,3-4,8-9H2,1-2H3,(H2,15,16,18). The van der Waals surface area contributed by atoms with Crippen LogP contribution in [-0.2, 0) is 0 Å². The van der Waals surface area contributed by atoms with Gasteiger partial charge in [0.1, 0.15) is 5.82 Å². The Bertz CT molecular complexity index is 380. The topological polar surface area (TPSA) is 44.4 Å². The number of likely N-dealkylation sites (N-methyl/N-ethyl adjacent to an activating group) is 1. The van der Waals surface area contributed by atoms with Crippen molar-refractivity contribution in [3.8, 4) is 0 Å². The van der Waals surface area contributed by atoms with Crippen LogP contribution < -0.4 is 10.6 Å². The zero-order valence-corrected chi connectivity index (χ0v) is 10.9. The molecule has 1 aromatic carbocycles. The van der Waals surface area contributed by atoms with Gasteiger partial charge in [0.2, 0.25) is 0 Å². The monoisotopic (exact) mass is 253 g/mol. The van der Waals surface area contributed by atoms with Gasteiger partial charge >= 0.3 is 6.03 Å². The van der Waals surface area contributed by atoms with Gasteiger partial charge in [-0.15, -0.1) is 0 Å². The maximum atomic E-state index is 12.9. The summed E-state index contributed by atoms with van der Waals surface area (Å²) < 4.78 is 12.9. The molecule has 0 bridgehead atoms. The Balaban J connectivity index is 2.29. The number of urea groups is 1. The Labute approximate surface area is 107 Å². The van der Waals surface area contributed by atoms with Crippen molar-refractivity contribution in [1.29, 1.82) is 0 Å². The molecule has 1 rings (SSSR count). The van der Waals surface area contributed by atoms with E-state index in [0.717, 1.165) is 19.6 Å². The second-order valence-corrected chi connectivity index (χ2v) is 3.92. The zero-order valence-electron chi connectivity index (χ0n) is 10.9. The minimum atomic E-state index is -0.365. The van der Waals surface area contributed by atoms with Crippen LogP contribution in [0.2, 0.25) is 0 Å². The van der Waals surface area contributed by atoms with E-state index in [9.17, 15) is 9.18 Å². The molecule has 100 valence electrons. The third kappa shape index (κ3) is 5.14. The number of anilines is 1. The molecule has 0 aromatic heterocycles. The first-order valence-corrected chi connectivity index (χ1v) is 6.18. The number of hydrogen-bond donors (Lipinski definition) is 2. The summed E-state index contributed by atoms with van der Waals surface area (Å²) in [5, 5.41) is 5.32. The molecule has 0 aliphatic carbocycles. The molecule has 0 atom stereocenters. The minimum Gasteiger partial charge on any atom is -0.337 e. The van der Waals surface area contributed by atoms with Crippen LogP contribution in [0.25, 0.3) is 0 Å². The van der Waals surface area contributed by atoms with E-state index >= 15 is 0 Å². The van der Waals surface area contributed by atoms with Crippen LogP contribution in [-0.4, -0.2) is 37.1 Å². The lowest BCUT2D eigenvalue weighted by molar-refractivity contribution is 0.248. The third-order valence-electron chi connectivity index (χ3n) is 2.69. The Hall–Kier alpha value is -1.62. The summed E-state index contributed by atoms with van der Waals surface area (Å²) in [6, 6.07) is 5.51. The largest absolute Gasteiger partial charge is 0.337 e. The van der Waals surface area contributed by atoms with E-state index in [1.165, 1.54) is 12.1 Å². The highest BCUT2D eigenvalue weighted by molar-refractivity contribution is 5.89. The highest BCUT2D eigenvalue weighted by Gasteiger charge is 2.03. The second-order valence-electron chi connectivity index (χ2n) is 3.92. The summed E-state index contributed by atoms with van der Waals surface area (Å²) in [7, 11) is 0. The number of carbonyl (C=O) groups is 1. The van der Waals surface area contributed by atoms with E-state index in [4.69, 9.17) is 0 Å². The van der Waals surface area contributed by atoms with Crippen molar-refractivity contribution in [2.45, 2.75) is 13.8 Å². The second kappa shape index (κ2) is 7.66. The number of rotatable bonds is 6. The highest BCUT2D eigenvalue weighted by Crippen LogP contribution is 2.08. The third-order valence-corrected chi connectivity index (χ3v) is 2.69. The smallest absolute Gasteiger partial charge is 0.319 e. The van der Waals surface area contributed by atoms with Crippen molar-refractivity contribution in [3.63, 3.8) is 0 Å². The van der Waals surface area contributed by atoms with Crippen molar-refractivity contribution in [2.24, 2.45) is 0 Å². The van der Waals surface area contributed by atoms with Gasteiger partial charge < -0.3 is 15.5 Å². The summed E-state index contributed by atoms with van der Waals surface area (Å²) in [6.45, 7) is 7.46. The Kier molecular flexibility index (Phi) is 6.14. The van der Waals surface area contributed by atoms with Gasteiger partial charge in [-0.3, -0.25) is 0 Å². The molecule has 4 nitrogen and oxygen atoms in total. The lowest BCUT2D eigenvalue weighted by Gasteiger charge is -2.18. The normalized spacial score (nSPS) is 10.4. The molecule has 0 saturated carbocycles. The van der Waals surface area contributed by atoms with E-state index in [2.05, 4.69) is 29.4 Å². The Morgan fingerprint density at radius 3 is 2.67 bits per heavy atom. The van der Waals surface area contributed by atoms with E-state index in [-0.39, 0.29) is 11.8 Å². The van der Waals surface area contributed by atoms with Gasteiger partial charge in [0, 0.05) is 18.8 Å². The summed E-state index contributed by atoms with van der Waals surface area (Å²) in [6.07, 6.45) is 0. The molecule has 0 heterocycles. The number of hydrogen-bond acceptors (Lipinski definition) is 2. The van der Waals surface area contributed by atoms with Gasteiger partial charge in [0.25, 0.3) is 0 Å². The molecule has 0 aliphatic rings. The van der Waals surface area contributed by atoms with Crippen molar-refractivity contribution in [2.75, 3.05) is 31.5 Å². The molecular weight excluding hydrogens is 233 g/mol. The Morgan fingerprint density at radius 1 is 1.33 bits per heavy atom. The zero-order chi connectivity index (χ0) is 13.4. The van der Waals surface area contributed by atoms with Crippen LogP contribution in [0, 0.1) is 5.82 Å². The molecule has 2 N–H and O–H groups in total. The SMILES string of the molecule is CCN(CC)CCNC(=O)Nc1cccc(F)c1. The molecule has 0 spiro atoms. The minimum absolute atomic E-state index is 0.312. The van der Waals surface area contributed by atoms with Gasteiger partial charge in [0.15, 0.2) is 0 Å².